The first-order valence-electron chi connectivity index (χ1n) is 5.88. The van der Waals surface area contributed by atoms with Gasteiger partial charge in [0.05, 0.1) is 12.2 Å². The normalized spacial score (nSPS) is 10.6. The van der Waals surface area contributed by atoms with Crippen LogP contribution in [0.25, 0.3) is 5.69 Å². The van der Waals surface area contributed by atoms with E-state index < -0.39 is 0 Å². The average molecular weight is 255 g/mol. The van der Waals surface area contributed by atoms with E-state index in [4.69, 9.17) is 0 Å². The molecule has 3 aromatic rings. The van der Waals surface area contributed by atoms with Crippen LogP contribution in [-0.2, 0) is 13.6 Å². The van der Waals surface area contributed by atoms with Crippen molar-refractivity contribution in [1.82, 2.24) is 29.8 Å². The number of hydrogen-bond acceptors (Lipinski definition) is 5. The number of nitrogens with zero attached hydrogens (tertiary/aromatic N) is 6. The lowest BCUT2D eigenvalue weighted by atomic mass is 10.3. The molecule has 2 aromatic heterocycles. The Morgan fingerprint density at radius 1 is 1.21 bits per heavy atom. The Hall–Kier alpha value is -2.70. The van der Waals surface area contributed by atoms with Gasteiger partial charge in [-0.05, 0) is 22.6 Å². The fraction of sp³-hybridized carbons (Fsp3) is 0.167. The molecule has 7 nitrogen and oxygen atoms in total. The van der Waals surface area contributed by atoms with Gasteiger partial charge in [-0.1, -0.05) is 23.3 Å². The van der Waals surface area contributed by atoms with E-state index in [0.717, 1.165) is 11.5 Å². The molecule has 0 saturated carbocycles. The van der Waals surface area contributed by atoms with Gasteiger partial charge in [-0.25, -0.2) is 4.98 Å². The maximum Gasteiger partial charge on any atom is 0.248 e. The van der Waals surface area contributed by atoms with Gasteiger partial charge in [0.2, 0.25) is 5.95 Å². The van der Waals surface area contributed by atoms with Crippen LogP contribution in [0.3, 0.4) is 0 Å². The second kappa shape index (κ2) is 4.89. The highest BCUT2D eigenvalue weighted by molar-refractivity contribution is 5.38. The Bertz CT molecular complexity index is 656. The highest BCUT2D eigenvalue weighted by Crippen LogP contribution is 2.11. The van der Waals surface area contributed by atoms with E-state index in [9.17, 15) is 0 Å². The van der Waals surface area contributed by atoms with Crippen molar-refractivity contribution in [1.29, 1.82) is 0 Å². The van der Waals surface area contributed by atoms with Gasteiger partial charge < -0.3 is 9.88 Å². The summed E-state index contributed by atoms with van der Waals surface area (Å²) in [7, 11) is 1.95. The van der Waals surface area contributed by atoms with Crippen molar-refractivity contribution < 1.29 is 0 Å². The van der Waals surface area contributed by atoms with Gasteiger partial charge >= 0.3 is 0 Å². The maximum absolute atomic E-state index is 4.24. The molecule has 0 aliphatic heterocycles. The standard InChI is InChI=1S/C12H13N7/c1-18-8-7-13-11(18)9-14-12-15-16-17-19(12)10-5-3-2-4-6-10/h2-8H,9H2,1H3,(H,14,15,17). The molecule has 0 saturated heterocycles. The number of para-hydroxylation sites is 1. The predicted octanol–water partition coefficient (Wildman–Crippen LogP) is 1.01. The maximum atomic E-state index is 4.24. The zero-order valence-electron chi connectivity index (χ0n) is 10.4. The summed E-state index contributed by atoms with van der Waals surface area (Å²) in [6, 6.07) is 9.73. The van der Waals surface area contributed by atoms with Crippen LogP contribution in [-0.4, -0.2) is 29.8 Å². The summed E-state index contributed by atoms with van der Waals surface area (Å²) < 4.78 is 3.60. The summed E-state index contributed by atoms with van der Waals surface area (Å²) in [5, 5.41) is 14.8. The van der Waals surface area contributed by atoms with E-state index in [0.29, 0.717) is 12.5 Å². The molecule has 3 rings (SSSR count). The molecule has 96 valence electrons. The first-order chi connectivity index (χ1) is 9.34. The number of aryl methyl sites for hydroxylation is 1. The van der Waals surface area contributed by atoms with Crippen molar-refractivity contribution in [3.63, 3.8) is 0 Å². The molecule has 2 heterocycles. The summed E-state index contributed by atoms with van der Waals surface area (Å²) in [5.74, 6) is 1.51. The lowest BCUT2D eigenvalue weighted by Gasteiger charge is -2.06. The van der Waals surface area contributed by atoms with Crippen LogP contribution in [0.4, 0.5) is 5.95 Å². The third-order valence-electron chi connectivity index (χ3n) is 2.80. The van der Waals surface area contributed by atoms with Gasteiger partial charge in [0.15, 0.2) is 0 Å². The second-order valence-electron chi connectivity index (χ2n) is 4.06. The molecule has 0 amide bonds. The number of rotatable bonds is 4. The number of imidazole rings is 1. The predicted molar refractivity (Wildman–Crippen MR) is 69.7 cm³/mol. The van der Waals surface area contributed by atoms with E-state index in [-0.39, 0.29) is 0 Å². The van der Waals surface area contributed by atoms with Crippen LogP contribution in [0.2, 0.25) is 0 Å². The van der Waals surface area contributed by atoms with Gasteiger partial charge in [-0.2, -0.15) is 4.68 Å². The van der Waals surface area contributed by atoms with Crippen LogP contribution >= 0.6 is 0 Å². The summed E-state index contributed by atoms with van der Waals surface area (Å²) in [6.07, 6.45) is 3.66. The number of aromatic nitrogens is 6. The highest BCUT2D eigenvalue weighted by Gasteiger charge is 2.08. The van der Waals surface area contributed by atoms with E-state index in [1.54, 1.807) is 10.9 Å². The molecule has 0 aliphatic carbocycles. The quantitative estimate of drug-likeness (QED) is 0.753. The second-order valence-corrected chi connectivity index (χ2v) is 4.06. The molecule has 0 radical (unpaired) electrons. The van der Waals surface area contributed by atoms with Crippen LogP contribution < -0.4 is 5.32 Å². The van der Waals surface area contributed by atoms with Crippen molar-refractivity contribution in [2.24, 2.45) is 7.05 Å². The molecule has 0 aliphatic rings. The molecule has 0 spiro atoms. The molecule has 19 heavy (non-hydrogen) atoms. The average Bonchev–Trinajstić information content (AvgIpc) is 3.06. The monoisotopic (exact) mass is 255 g/mol. The minimum atomic E-state index is 0.566. The van der Waals surface area contributed by atoms with Gasteiger partial charge in [0, 0.05) is 19.4 Å². The number of nitrogens with one attached hydrogen (secondary N) is 1. The zero-order valence-corrected chi connectivity index (χ0v) is 10.4. The van der Waals surface area contributed by atoms with Crippen LogP contribution in [0.15, 0.2) is 42.7 Å². The fourth-order valence-electron chi connectivity index (χ4n) is 1.77. The third kappa shape index (κ3) is 2.30. The van der Waals surface area contributed by atoms with E-state index in [1.807, 2.05) is 48.1 Å². The SMILES string of the molecule is Cn1ccnc1CNc1nnnn1-c1ccccc1. The van der Waals surface area contributed by atoms with Crippen LogP contribution in [0, 0.1) is 0 Å². The van der Waals surface area contributed by atoms with Crippen LogP contribution in [0.1, 0.15) is 5.82 Å². The first kappa shape index (κ1) is 11.4. The summed E-state index contributed by atoms with van der Waals surface area (Å²) in [6.45, 7) is 0.566. The highest BCUT2D eigenvalue weighted by atomic mass is 15.6. The van der Waals surface area contributed by atoms with E-state index in [1.165, 1.54) is 0 Å². The van der Waals surface area contributed by atoms with E-state index in [2.05, 4.69) is 25.8 Å². The molecule has 1 N–H and O–H groups in total. The van der Waals surface area contributed by atoms with E-state index >= 15 is 0 Å². The molecule has 0 atom stereocenters. The van der Waals surface area contributed by atoms with Crippen molar-refractivity contribution in [2.45, 2.75) is 6.54 Å². The number of hydrogen-bond donors (Lipinski definition) is 1. The zero-order chi connectivity index (χ0) is 13.1. The van der Waals surface area contributed by atoms with Gasteiger partial charge in [-0.3, -0.25) is 0 Å². The minimum absolute atomic E-state index is 0.566. The molecular weight excluding hydrogens is 242 g/mol. The largest absolute Gasteiger partial charge is 0.346 e. The van der Waals surface area contributed by atoms with Crippen LogP contribution in [0.5, 0.6) is 0 Å². The van der Waals surface area contributed by atoms with Crippen molar-refractivity contribution in [3.05, 3.63) is 48.5 Å². The molecule has 0 unspecified atom stereocenters. The summed E-state index contributed by atoms with van der Waals surface area (Å²) >= 11 is 0. The Labute approximate surface area is 109 Å². The lowest BCUT2D eigenvalue weighted by Crippen LogP contribution is -2.10. The minimum Gasteiger partial charge on any atom is -0.346 e. The summed E-state index contributed by atoms with van der Waals surface area (Å²) in [5.41, 5.74) is 0.912. The molecule has 0 bridgehead atoms. The Balaban J connectivity index is 1.80. The fourth-order valence-corrected chi connectivity index (χ4v) is 1.77. The van der Waals surface area contributed by atoms with Gasteiger partial charge in [-0.15, -0.1) is 0 Å². The lowest BCUT2D eigenvalue weighted by molar-refractivity contribution is 0.780. The topological polar surface area (TPSA) is 73.5 Å². The first-order valence-corrected chi connectivity index (χ1v) is 5.88. The Morgan fingerprint density at radius 3 is 2.79 bits per heavy atom. The number of anilines is 1. The molecule has 1 aromatic carbocycles. The summed E-state index contributed by atoms with van der Waals surface area (Å²) in [4.78, 5) is 4.24. The third-order valence-corrected chi connectivity index (χ3v) is 2.80. The van der Waals surface area contributed by atoms with Crippen molar-refractivity contribution >= 4 is 5.95 Å². The molecule has 0 fully saturated rings. The number of tetrazole rings is 1. The molecular formula is C12H13N7. The van der Waals surface area contributed by atoms with Crippen molar-refractivity contribution in [2.75, 3.05) is 5.32 Å². The number of benzene rings is 1. The van der Waals surface area contributed by atoms with Gasteiger partial charge in [0.25, 0.3) is 0 Å². The van der Waals surface area contributed by atoms with Crippen molar-refractivity contribution in [3.8, 4) is 5.69 Å². The Kier molecular flexibility index (Phi) is 2.93. The smallest absolute Gasteiger partial charge is 0.248 e. The van der Waals surface area contributed by atoms with Gasteiger partial charge in [0.1, 0.15) is 5.82 Å². The Morgan fingerprint density at radius 2 is 2.05 bits per heavy atom. The molecule has 7 heteroatoms.